The summed E-state index contributed by atoms with van der Waals surface area (Å²) >= 11 is 0. The van der Waals surface area contributed by atoms with Gasteiger partial charge in [0.05, 0.1) is 7.11 Å². The average Bonchev–Trinajstić information content (AvgIpc) is 2.53. The van der Waals surface area contributed by atoms with Crippen LogP contribution in [0, 0.1) is 0 Å². The molecule has 0 atom stereocenters. The summed E-state index contributed by atoms with van der Waals surface area (Å²) in [5, 5.41) is 8.58. The first-order valence-corrected chi connectivity index (χ1v) is 7.94. The Bertz CT molecular complexity index is 570. The number of ether oxygens (including phenoxy) is 1. The molecule has 22 heavy (non-hydrogen) atoms. The summed E-state index contributed by atoms with van der Waals surface area (Å²) in [5.74, 6) is 0.214. The number of allylic oxidation sites excluding steroid dienone is 4. The fourth-order valence-corrected chi connectivity index (χ4v) is 2.81. The topological polar surface area (TPSA) is 46.5 Å². The third-order valence-corrected chi connectivity index (χ3v) is 3.97. The number of fused-ring (bicyclic) bond motifs is 1. The van der Waals surface area contributed by atoms with Crippen LogP contribution in [0.3, 0.4) is 0 Å². The molecule has 0 spiro atoms. The molecular weight excluding hydrogens is 276 g/mol. The molecule has 0 bridgehead atoms. The fraction of sp³-hybridized carbons (Fsp3) is 0.421. The van der Waals surface area contributed by atoms with Gasteiger partial charge in [0, 0.05) is 6.42 Å². The van der Waals surface area contributed by atoms with Crippen LogP contribution < -0.4 is 4.74 Å². The fourth-order valence-electron chi connectivity index (χ4n) is 2.81. The van der Waals surface area contributed by atoms with Crippen molar-refractivity contribution in [2.45, 2.75) is 44.9 Å². The number of carboxylic acid groups (broad SMARTS) is 1. The standard InChI is InChI=1S/C19H24O3/c1-22-17-12-13-18-15(9-7-10-16(18)14-17)8-5-3-2-4-6-11-19(20)21/h2-3,9,12-14H,4-8,10-11H2,1H3,(H,20,21)/b3-2-. The Balaban J connectivity index is 1.83. The summed E-state index contributed by atoms with van der Waals surface area (Å²) in [6.07, 6.45) is 12.6. The number of methoxy groups -OCH3 is 1. The largest absolute Gasteiger partial charge is 0.497 e. The molecule has 0 saturated heterocycles. The molecule has 0 aliphatic heterocycles. The smallest absolute Gasteiger partial charge is 0.303 e. The van der Waals surface area contributed by atoms with E-state index in [4.69, 9.17) is 9.84 Å². The van der Waals surface area contributed by atoms with Crippen LogP contribution in [0.4, 0.5) is 0 Å². The van der Waals surface area contributed by atoms with E-state index in [1.54, 1.807) is 7.11 Å². The Kier molecular flexibility index (Phi) is 6.26. The number of carbonyl (C=O) groups is 1. The summed E-state index contributed by atoms with van der Waals surface area (Å²) in [4.78, 5) is 10.4. The van der Waals surface area contributed by atoms with Gasteiger partial charge < -0.3 is 9.84 Å². The van der Waals surface area contributed by atoms with Gasteiger partial charge in [-0.05, 0) is 67.4 Å². The molecule has 1 aromatic rings. The maximum absolute atomic E-state index is 10.4. The molecule has 0 aromatic heterocycles. The van der Waals surface area contributed by atoms with Gasteiger partial charge in [0.15, 0.2) is 0 Å². The van der Waals surface area contributed by atoms with Crippen LogP contribution in [-0.4, -0.2) is 18.2 Å². The number of hydrogen-bond donors (Lipinski definition) is 1. The second-order valence-corrected chi connectivity index (χ2v) is 5.59. The van der Waals surface area contributed by atoms with Crippen molar-refractivity contribution in [2.75, 3.05) is 7.11 Å². The lowest BCUT2D eigenvalue weighted by molar-refractivity contribution is -0.137. The average molecular weight is 300 g/mol. The van der Waals surface area contributed by atoms with Crippen LogP contribution in [0.5, 0.6) is 5.75 Å². The van der Waals surface area contributed by atoms with E-state index in [0.717, 1.165) is 44.3 Å². The molecular formula is C19H24O3. The molecule has 1 aliphatic rings. The maximum atomic E-state index is 10.4. The van der Waals surface area contributed by atoms with Gasteiger partial charge in [-0.25, -0.2) is 0 Å². The molecule has 0 radical (unpaired) electrons. The molecule has 0 amide bonds. The number of aryl methyl sites for hydroxylation is 1. The monoisotopic (exact) mass is 300 g/mol. The van der Waals surface area contributed by atoms with Gasteiger partial charge in [0.25, 0.3) is 0 Å². The van der Waals surface area contributed by atoms with Crippen LogP contribution in [0.25, 0.3) is 5.57 Å². The second-order valence-electron chi connectivity index (χ2n) is 5.59. The van der Waals surface area contributed by atoms with Crippen molar-refractivity contribution in [2.24, 2.45) is 0 Å². The highest BCUT2D eigenvalue weighted by Crippen LogP contribution is 2.32. The van der Waals surface area contributed by atoms with Crippen molar-refractivity contribution in [1.82, 2.24) is 0 Å². The summed E-state index contributed by atoms with van der Waals surface area (Å²) < 4.78 is 5.30. The maximum Gasteiger partial charge on any atom is 0.303 e. The van der Waals surface area contributed by atoms with E-state index >= 15 is 0 Å². The van der Waals surface area contributed by atoms with Crippen LogP contribution in [0.1, 0.15) is 49.7 Å². The quantitative estimate of drug-likeness (QED) is 0.563. The molecule has 0 saturated carbocycles. The van der Waals surface area contributed by atoms with Crippen molar-refractivity contribution in [3.63, 3.8) is 0 Å². The minimum Gasteiger partial charge on any atom is -0.497 e. The van der Waals surface area contributed by atoms with Crippen molar-refractivity contribution in [3.8, 4) is 5.75 Å². The van der Waals surface area contributed by atoms with Gasteiger partial charge >= 0.3 is 5.97 Å². The third kappa shape index (κ3) is 4.76. The van der Waals surface area contributed by atoms with Crippen LogP contribution in [0.15, 0.2) is 36.4 Å². The molecule has 1 aromatic carbocycles. The molecule has 1 N–H and O–H groups in total. The summed E-state index contributed by atoms with van der Waals surface area (Å²) in [6, 6.07) is 6.33. The lowest BCUT2D eigenvalue weighted by Crippen LogP contribution is -2.00. The highest BCUT2D eigenvalue weighted by molar-refractivity contribution is 5.71. The predicted octanol–water partition coefficient (Wildman–Crippen LogP) is 4.62. The SMILES string of the molecule is COc1ccc2c(c1)CCC=C2CC/C=C\CCCC(=O)O. The highest BCUT2D eigenvalue weighted by Gasteiger charge is 2.12. The van der Waals surface area contributed by atoms with Gasteiger partial charge in [0.1, 0.15) is 5.75 Å². The van der Waals surface area contributed by atoms with Crippen LogP contribution >= 0.6 is 0 Å². The van der Waals surface area contributed by atoms with Crippen molar-refractivity contribution in [3.05, 3.63) is 47.6 Å². The zero-order valence-electron chi connectivity index (χ0n) is 13.2. The first kappa shape index (κ1) is 16.3. The van der Waals surface area contributed by atoms with Gasteiger partial charge in [-0.15, -0.1) is 0 Å². The summed E-state index contributed by atoms with van der Waals surface area (Å²) in [6.45, 7) is 0. The van der Waals surface area contributed by atoms with E-state index < -0.39 is 5.97 Å². The minimum absolute atomic E-state index is 0.255. The van der Waals surface area contributed by atoms with Gasteiger partial charge in [-0.2, -0.15) is 0 Å². The Labute approximate surface area is 132 Å². The lowest BCUT2D eigenvalue weighted by atomic mass is 9.88. The van der Waals surface area contributed by atoms with Crippen molar-refractivity contribution >= 4 is 11.5 Å². The van der Waals surface area contributed by atoms with Crippen LogP contribution in [-0.2, 0) is 11.2 Å². The molecule has 3 nitrogen and oxygen atoms in total. The zero-order valence-corrected chi connectivity index (χ0v) is 13.2. The summed E-state index contributed by atoms with van der Waals surface area (Å²) in [7, 11) is 1.70. The Morgan fingerprint density at radius 2 is 2.14 bits per heavy atom. The number of carboxylic acids is 1. The van der Waals surface area contributed by atoms with Crippen molar-refractivity contribution < 1.29 is 14.6 Å². The normalized spacial score (nSPS) is 13.8. The lowest BCUT2D eigenvalue weighted by Gasteiger charge is -2.18. The van der Waals surface area contributed by atoms with E-state index in [1.807, 2.05) is 6.07 Å². The van der Waals surface area contributed by atoms with E-state index in [9.17, 15) is 4.79 Å². The Hall–Kier alpha value is -2.03. The van der Waals surface area contributed by atoms with E-state index in [-0.39, 0.29) is 6.42 Å². The van der Waals surface area contributed by atoms with Gasteiger partial charge in [-0.1, -0.05) is 24.3 Å². The van der Waals surface area contributed by atoms with E-state index in [2.05, 4.69) is 30.4 Å². The van der Waals surface area contributed by atoms with Gasteiger partial charge in [-0.3, -0.25) is 4.79 Å². The zero-order chi connectivity index (χ0) is 15.8. The molecule has 0 heterocycles. The molecule has 118 valence electrons. The molecule has 3 heteroatoms. The number of benzene rings is 1. The Morgan fingerprint density at radius 1 is 1.32 bits per heavy atom. The Morgan fingerprint density at radius 3 is 2.91 bits per heavy atom. The van der Waals surface area contributed by atoms with E-state index in [0.29, 0.717) is 0 Å². The third-order valence-electron chi connectivity index (χ3n) is 3.97. The molecule has 1 aliphatic carbocycles. The highest BCUT2D eigenvalue weighted by atomic mass is 16.5. The predicted molar refractivity (Wildman–Crippen MR) is 89.2 cm³/mol. The number of hydrogen-bond acceptors (Lipinski definition) is 2. The number of rotatable bonds is 8. The first-order chi connectivity index (χ1) is 10.7. The van der Waals surface area contributed by atoms with Crippen molar-refractivity contribution in [1.29, 1.82) is 0 Å². The number of unbranched alkanes of at least 4 members (excludes halogenated alkanes) is 1. The minimum atomic E-state index is -0.715. The van der Waals surface area contributed by atoms with Crippen LogP contribution in [0.2, 0.25) is 0 Å². The molecule has 0 unspecified atom stereocenters. The first-order valence-electron chi connectivity index (χ1n) is 7.94. The van der Waals surface area contributed by atoms with E-state index in [1.165, 1.54) is 16.7 Å². The molecule has 0 fully saturated rings. The second kappa shape index (κ2) is 8.42. The summed E-state index contributed by atoms with van der Waals surface area (Å²) in [5.41, 5.74) is 4.15. The van der Waals surface area contributed by atoms with Gasteiger partial charge in [0.2, 0.25) is 0 Å². The number of aliphatic carboxylic acids is 1. The molecule has 2 rings (SSSR count).